The number of hydrogen-bond acceptors (Lipinski definition) is 3. The van der Waals surface area contributed by atoms with Crippen LogP contribution in [0, 0.1) is 5.92 Å². The number of carbonyl (C=O) groups excluding carboxylic acids is 1. The highest BCUT2D eigenvalue weighted by atomic mass is 19.4. The lowest BCUT2D eigenvalue weighted by Gasteiger charge is -2.22. The third kappa shape index (κ3) is 4.16. The zero-order valence-electron chi connectivity index (χ0n) is 15.6. The van der Waals surface area contributed by atoms with Crippen molar-refractivity contribution in [2.45, 2.75) is 38.9 Å². The Kier molecular flexibility index (Phi) is 5.67. The first-order valence-corrected chi connectivity index (χ1v) is 9.04. The zero-order valence-corrected chi connectivity index (χ0v) is 15.6. The van der Waals surface area contributed by atoms with Gasteiger partial charge in [0.25, 0.3) is 0 Å². The Morgan fingerprint density at radius 3 is 2.50 bits per heavy atom. The van der Waals surface area contributed by atoms with Gasteiger partial charge in [-0.15, -0.1) is 10.2 Å². The number of aromatic nitrogens is 3. The Bertz CT molecular complexity index is 953. The number of pyridine rings is 1. The third-order valence-corrected chi connectivity index (χ3v) is 4.88. The number of carbonyl (C=O) groups is 1. The molecule has 0 spiro atoms. The molecule has 0 saturated carbocycles. The summed E-state index contributed by atoms with van der Waals surface area (Å²) in [7, 11) is 0. The molecule has 0 aliphatic heterocycles. The number of nitrogens with one attached hydrogen (secondary N) is 1. The van der Waals surface area contributed by atoms with Gasteiger partial charge in [-0.2, -0.15) is 13.2 Å². The van der Waals surface area contributed by atoms with Crippen LogP contribution in [0.1, 0.15) is 43.1 Å². The van der Waals surface area contributed by atoms with Gasteiger partial charge in [0.2, 0.25) is 5.91 Å². The molecule has 0 fully saturated rings. The largest absolute Gasteiger partial charge is 0.417 e. The van der Waals surface area contributed by atoms with Crippen LogP contribution in [0.5, 0.6) is 0 Å². The van der Waals surface area contributed by atoms with Crippen molar-refractivity contribution in [3.63, 3.8) is 0 Å². The van der Waals surface area contributed by atoms with Crippen molar-refractivity contribution in [1.82, 2.24) is 19.9 Å². The molecular formula is C20H21F3N4O. The molecule has 1 aromatic carbocycles. The van der Waals surface area contributed by atoms with Crippen LogP contribution in [0.3, 0.4) is 0 Å². The van der Waals surface area contributed by atoms with E-state index in [0.717, 1.165) is 24.2 Å². The fourth-order valence-electron chi connectivity index (χ4n) is 3.14. The van der Waals surface area contributed by atoms with E-state index in [0.29, 0.717) is 5.65 Å². The van der Waals surface area contributed by atoms with Gasteiger partial charge in [0, 0.05) is 6.20 Å². The molecule has 3 aromatic rings. The van der Waals surface area contributed by atoms with Gasteiger partial charge in [-0.3, -0.25) is 9.20 Å². The van der Waals surface area contributed by atoms with Gasteiger partial charge >= 0.3 is 6.18 Å². The second-order valence-electron chi connectivity index (χ2n) is 6.75. The minimum absolute atomic E-state index is 0.0128. The summed E-state index contributed by atoms with van der Waals surface area (Å²) in [6, 6.07) is 11.7. The molecule has 0 saturated heterocycles. The summed E-state index contributed by atoms with van der Waals surface area (Å²) >= 11 is 0. The summed E-state index contributed by atoms with van der Waals surface area (Å²) in [5.74, 6) is -0.194. The van der Waals surface area contributed by atoms with Gasteiger partial charge in [0.15, 0.2) is 11.5 Å². The average Bonchev–Trinajstić information content (AvgIpc) is 3.09. The van der Waals surface area contributed by atoms with E-state index in [1.165, 1.54) is 10.5 Å². The van der Waals surface area contributed by atoms with Gasteiger partial charge in [-0.25, -0.2) is 0 Å². The molecule has 148 valence electrons. The van der Waals surface area contributed by atoms with Gasteiger partial charge in [0.1, 0.15) is 0 Å². The highest BCUT2D eigenvalue weighted by Crippen LogP contribution is 2.29. The fourth-order valence-corrected chi connectivity index (χ4v) is 3.14. The monoisotopic (exact) mass is 390 g/mol. The number of halogens is 3. The Hall–Kier alpha value is -2.90. The minimum Gasteiger partial charge on any atom is -0.348 e. The van der Waals surface area contributed by atoms with Crippen LogP contribution in [0.15, 0.2) is 48.7 Å². The summed E-state index contributed by atoms with van der Waals surface area (Å²) in [6.07, 6.45) is -2.70. The molecule has 2 atom stereocenters. The van der Waals surface area contributed by atoms with E-state index in [1.807, 2.05) is 44.2 Å². The summed E-state index contributed by atoms with van der Waals surface area (Å²) in [4.78, 5) is 12.9. The molecule has 1 amide bonds. The topological polar surface area (TPSA) is 59.3 Å². The number of nitrogens with zero attached hydrogens (tertiary/aromatic N) is 3. The van der Waals surface area contributed by atoms with Crippen molar-refractivity contribution in [3.05, 3.63) is 65.6 Å². The molecule has 2 aromatic heterocycles. The van der Waals surface area contributed by atoms with Crippen LogP contribution < -0.4 is 5.32 Å². The zero-order chi connectivity index (χ0) is 20.3. The van der Waals surface area contributed by atoms with Crippen molar-refractivity contribution in [3.8, 4) is 0 Å². The number of benzene rings is 1. The van der Waals surface area contributed by atoms with Crippen LogP contribution in [0.25, 0.3) is 5.65 Å². The smallest absolute Gasteiger partial charge is 0.348 e. The van der Waals surface area contributed by atoms with Crippen LogP contribution in [0.4, 0.5) is 13.2 Å². The molecule has 1 N–H and O–H groups in total. The van der Waals surface area contributed by atoms with Crippen LogP contribution in [-0.2, 0) is 17.5 Å². The Morgan fingerprint density at radius 1 is 1.14 bits per heavy atom. The standard InChI is InChI=1S/C20H21F3N4O/c1-3-13(2)18(14-7-5-4-6-8-14)19(28)24-11-17-26-25-16-10-9-15(12-27(16)17)20(21,22)23/h4-10,12-13,18H,3,11H2,1-2H3,(H,24,28)/t13-,18+/m1/s1. The second-order valence-corrected chi connectivity index (χ2v) is 6.75. The summed E-state index contributed by atoms with van der Waals surface area (Å²) in [5.41, 5.74) is 0.396. The van der Waals surface area contributed by atoms with E-state index < -0.39 is 11.7 Å². The number of amides is 1. The lowest BCUT2D eigenvalue weighted by atomic mass is 9.85. The molecule has 3 rings (SSSR count). The summed E-state index contributed by atoms with van der Waals surface area (Å²) in [5, 5.41) is 10.6. The Morgan fingerprint density at radius 2 is 1.86 bits per heavy atom. The molecular weight excluding hydrogens is 369 g/mol. The number of alkyl halides is 3. The number of rotatable bonds is 6. The van der Waals surface area contributed by atoms with Crippen molar-refractivity contribution in [1.29, 1.82) is 0 Å². The Labute approximate surface area is 160 Å². The van der Waals surface area contributed by atoms with Crippen molar-refractivity contribution in [2.75, 3.05) is 0 Å². The predicted molar refractivity (Wildman–Crippen MR) is 98.5 cm³/mol. The number of hydrogen-bond donors (Lipinski definition) is 1. The molecule has 2 heterocycles. The summed E-state index contributed by atoms with van der Waals surface area (Å²) in [6.45, 7) is 4.00. The van der Waals surface area contributed by atoms with Crippen LogP contribution >= 0.6 is 0 Å². The van der Waals surface area contributed by atoms with Gasteiger partial charge in [0.05, 0.1) is 18.0 Å². The molecule has 0 aliphatic carbocycles. The molecule has 8 heteroatoms. The van der Waals surface area contributed by atoms with Crippen molar-refractivity contribution in [2.24, 2.45) is 5.92 Å². The van der Waals surface area contributed by atoms with Crippen molar-refractivity contribution >= 4 is 11.6 Å². The number of fused-ring (bicyclic) bond motifs is 1. The first-order valence-electron chi connectivity index (χ1n) is 9.04. The maximum Gasteiger partial charge on any atom is 0.417 e. The van der Waals surface area contributed by atoms with Gasteiger partial charge < -0.3 is 5.32 Å². The second kappa shape index (κ2) is 8.00. The van der Waals surface area contributed by atoms with E-state index in [4.69, 9.17) is 0 Å². The molecule has 0 aliphatic rings. The lowest BCUT2D eigenvalue weighted by Crippen LogP contribution is -2.32. The van der Waals surface area contributed by atoms with Crippen molar-refractivity contribution < 1.29 is 18.0 Å². The van der Waals surface area contributed by atoms with E-state index in [9.17, 15) is 18.0 Å². The Balaban J connectivity index is 1.81. The first-order chi connectivity index (χ1) is 13.3. The van der Waals surface area contributed by atoms with Crippen LogP contribution in [0.2, 0.25) is 0 Å². The summed E-state index contributed by atoms with van der Waals surface area (Å²) < 4.78 is 40.1. The molecule has 28 heavy (non-hydrogen) atoms. The quantitative estimate of drug-likeness (QED) is 0.686. The van der Waals surface area contributed by atoms with E-state index in [1.54, 1.807) is 0 Å². The highest BCUT2D eigenvalue weighted by Gasteiger charge is 2.31. The van der Waals surface area contributed by atoms with E-state index in [-0.39, 0.29) is 30.1 Å². The van der Waals surface area contributed by atoms with Gasteiger partial charge in [-0.1, -0.05) is 50.6 Å². The third-order valence-electron chi connectivity index (χ3n) is 4.88. The van der Waals surface area contributed by atoms with E-state index >= 15 is 0 Å². The van der Waals surface area contributed by atoms with Gasteiger partial charge in [-0.05, 0) is 23.6 Å². The SMILES string of the molecule is CC[C@@H](C)[C@H](C(=O)NCc1nnc2ccc(C(F)(F)F)cn12)c1ccccc1. The first kappa shape index (κ1) is 19.9. The minimum atomic E-state index is -4.46. The van der Waals surface area contributed by atoms with E-state index in [2.05, 4.69) is 15.5 Å². The van der Waals surface area contributed by atoms with Crippen LogP contribution in [-0.4, -0.2) is 20.5 Å². The maximum absolute atomic E-state index is 13.0. The normalized spacial score (nSPS) is 14.0. The molecule has 0 bridgehead atoms. The molecule has 0 radical (unpaired) electrons. The average molecular weight is 390 g/mol. The lowest BCUT2D eigenvalue weighted by molar-refractivity contribution is -0.137. The molecule has 5 nitrogen and oxygen atoms in total. The maximum atomic E-state index is 13.0. The highest BCUT2D eigenvalue weighted by molar-refractivity contribution is 5.83. The fraction of sp³-hybridized carbons (Fsp3) is 0.350. The molecule has 0 unspecified atom stereocenters. The predicted octanol–water partition coefficient (Wildman–Crippen LogP) is 4.19.